The molecule has 0 spiro atoms. The van der Waals surface area contributed by atoms with E-state index in [1.807, 2.05) is 0 Å². The van der Waals surface area contributed by atoms with E-state index in [4.69, 9.17) is 0 Å². The molecule has 0 bridgehead atoms. The molecule has 0 heterocycles. The van der Waals surface area contributed by atoms with Gasteiger partial charge in [-0.3, -0.25) is 0 Å². The van der Waals surface area contributed by atoms with Gasteiger partial charge in [0.1, 0.15) is 0 Å². The van der Waals surface area contributed by atoms with E-state index in [2.05, 4.69) is 26.1 Å². The molecule has 0 saturated heterocycles. The maximum atomic E-state index is 9.85. The standard InChI is InChI=1S/C13H27NO/c1-4-10(2)9-11(3)14-12-7-5-6-8-13(12)15/h10-15H,4-9H2,1-3H3. The van der Waals surface area contributed by atoms with Gasteiger partial charge in [-0.15, -0.1) is 0 Å². The smallest absolute Gasteiger partial charge is 0.0693 e. The van der Waals surface area contributed by atoms with E-state index in [-0.39, 0.29) is 6.10 Å². The van der Waals surface area contributed by atoms with Crippen LogP contribution in [-0.4, -0.2) is 23.3 Å². The Morgan fingerprint density at radius 2 is 1.93 bits per heavy atom. The lowest BCUT2D eigenvalue weighted by molar-refractivity contribution is 0.0842. The third-order valence-corrected chi connectivity index (χ3v) is 3.68. The molecule has 1 rings (SSSR count). The average molecular weight is 213 g/mol. The lowest BCUT2D eigenvalue weighted by Crippen LogP contribution is -2.46. The van der Waals surface area contributed by atoms with Crippen LogP contribution in [-0.2, 0) is 0 Å². The van der Waals surface area contributed by atoms with Gasteiger partial charge in [-0.05, 0) is 32.1 Å². The summed E-state index contributed by atoms with van der Waals surface area (Å²) in [7, 11) is 0. The lowest BCUT2D eigenvalue weighted by atomic mass is 9.91. The molecule has 0 aromatic heterocycles. The highest BCUT2D eigenvalue weighted by Crippen LogP contribution is 2.20. The van der Waals surface area contributed by atoms with Crippen LogP contribution in [0.4, 0.5) is 0 Å². The van der Waals surface area contributed by atoms with Crippen LogP contribution in [0.25, 0.3) is 0 Å². The molecule has 4 atom stereocenters. The first kappa shape index (κ1) is 13.0. The van der Waals surface area contributed by atoms with Gasteiger partial charge in [0.15, 0.2) is 0 Å². The van der Waals surface area contributed by atoms with Gasteiger partial charge in [-0.2, -0.15) is 0 Å². The molecule has 0 radical (unpaired) electrons. The van der Waals surface area contributed by atoms with Crippen LogP contribution in [0.2, 0.25) is 0 Å². The quantitative estimate of drug-likeness (QED) is 0.736. The molecule has 4 unspecified atom stereocenters. The minimum absolute atomic E-state index is 0.113. The van der Waals surface area contributed by atoms with Crippen molar-refractivity contribution < 1.29 is 5.11 Å². The average Bonchev–Trinajstić information content (AvgIpc) is 2.21. The molecule has 2 heteroatoms. The SMILES string of the molecule is CCC(C)CC(C)NC1CCCCC1O. The van der Waals surface area contributed by atoms with E-state index in [1.165, 1.54) is 25.7 Å². The van der Waals surface area contributed by atoms with E-state index in [9.17, 15) is 5.11 Å². The van der Waals surface area contributed by atoms with Gasteiger partial charge in [0.05, 0.1) is 6.10 Å². The maximum absolute atomic E-state index is 9.85. The maximum Gasteiger partial charge on any atom is 0.0693 e. The largest absolute Gasteiger partial charge is 0.392 e. The Morgan fingerprint density at radius 1 is 1.27 bits per heavy atom. The molecule has 0 aliphatic heterocycles. The van der Waals surface area contributed by atoms with Crippen molar-refractivity contribution in [3.05, 3.63) is 0 Å². The van der Waals surface area contributed by atoms with Gasteiger partial charge < -0.3 is 10.4 Å². The Morgan fingerprint density at radius 3 is 2.53 bits per heavy atom. The zero-order valence-electron chi connectivity index (χ0n) is 10.5. The summed E-state index contributed by atoms with van der Waals surface area (Å²) in [6.07, 6.45) is 6.95. The minimum Gasteiger partial charge on any atom is -0.392 e. The Bertz CT molecular complexity index is 172. The number of hydrogen-bond donors (Lipinski definition) is 2. The van der Waals surface area contributed by atoms with Crippen LogP contribution in [0.5, 0.6) is 0 Å². The molecular weight excluding hydrogens is 186 g/mol. The van der Waals surface area contributed by atoms with Crippen molar-refractivity contribution in [1.29, 1.82) is 0 Å². The first-order valence-corrected chi connectivity index (χ1v) is 6.57. The van der Waals surface area contributed by atoms with Gasteiger partial charge >= 0.3 is 0 Å². The van der Waals surface area contributed by atoms with Crippen LogP contribution < -0.4 is 5.32 Å². The van der Waals surface area contributed by atoms with Crippen molar-refractivity contribution in [1.82, 2.24) is 5.32 Å². The Balaban J connectivity index is 2.26. The van der Waals surface area contributed by atoms with Crippen molar-refractivity contribution >= 4 is 0 Å². The number of aliphatic hydroxyl groups is 1. The van der Waals surface area contributed by atoms with E-state index >= 15 is 0 Å². The third kappa shape index (κ3) is 4.52. The molecule has 0 aromatic rings. The second-order valence-electron chi connectivity index (χ2n) is 5.28. The van der Waals surface area contributed by atoms with Crippen molar-refractivity contribution in [3.8, 4) is 0 Å². The summed E-state index contributed by atoms with van der Waals surface area (Å²) >= 11 is 0. The summed E-state index contributed by atoms with van der Waals surface area (Å²) in [6, 6.07) is 0.885. The van der Waals surface area contributed by atoms with Crippen molar-refractivity contribution in [2.45, 2.75) is 77.5 Å². The van der Waals surface area contributed by atoms with E-state index in [0.29, 0.717) is 12.1 Å². The highest BCUT2D eigenvalue weighted by Gasteiger charge is 2.24. The molecule has 1 aliphatic rings. The molecule has 2 nitrogen and oxygen atoms in total. The Hall–Kier alpha value is -0.0800. The van der Waals surface area contributed by atoms with Crippen molar-refractivity contribution in [3.63, 3.8) is 0 Å². The monoisotopic (exact) mass is 213 g/mol. The predicted molar refractivity (Wildman–Crippen MR) is 64.9 cm³/mol. The highest BCUT2D eigenvalue weighted by molar-refractivity contribution is 4.82. The normalized spacial score (nSPS) is 31.2. The molecule has 90 valence electrons. The minimum atomic E-state index is -0.113. The first-order valence-electron chi connectivity index (χ1n) is 6.57. The second kappa shape index (κ2) is 6.49. The fraction of sp³-hybridized carbons (Fsp3) is 1.00. The van der Waals surface area contributed by atoms with Gasteiger partial charge in [0.25, 0.3) is 0 Å². The molecule has 1 aliphatic carbocycles. The molecular formula is C13H27NO. The topological polar surface area (TPSA) is 32.3 Å². The fourth-order valence-electron chi connectivity index (χ4n) is 2.51. The van der Waals surface area contributed by atoms with Gasteiger partial charge in [0, 0.05) is 12.1 Å². The Labute approximate surface area is 94.5 Å². The van der Waals surface area contributed by atoms with E-state index in [0.717, 1.165) is 18.8 Å². The number of nitrogens with one attached hydrogen (secondary N) is 1. The molecule has 15 heavy (non-hydrogen) atoms. The van der Waals surface area contributed by atoms with E-state index in [1.54, 1.807) is 0 Å². The van der Waals surface area contributed by atoms with E-state index < -0.39 is 0 Å². The summed E-state index contributed by atoms with van der Waals surface area (Å²) in [4.78, 5) is 0. The first-order chi connectivity index (χ1) is 7.13. The van der Waals surface area contributed by atoms with Gasteiger partial charge in [-0.25, -0.2) is 0 Å². The Kier molecular flexibility index (Phi) is 5.62. The number of rotatable bonds is 5. The molecule has 2 N–H and O–H groups in total. The summed E-state index contributed by atoms with van der Waals surface area (Å²) in [6.45, 7) is 6.79. The van der Waals surface area contributed by atoms with Crippen molar-refractivity contribution in [2.75, 3.05) is 0 Å². The molecule has 1 saturated carbocycles. The summed E-state index contributed by atoms with van der Waals surface area (Å²) in [5.41, 5.74) is 0. The zero-order chi connectivity index (χ0) is 11.3. The summed E-state index contributed by atoms with van der Waals surface area (Å²) in [5, 5.41) is 13.4. The predicted octanol–water partition coefficient (Wildman–Crippen LogP) is 2.70. The van der Waals surface area contributed by atoms with Crippen LogP contribution in [0.3, 0.4) is 0 Å². The van der Waals surface area contributed by atoms with Gasteiger partial charge in [0.2, 0.25) is 0 Å². The zero-order valence-corrected chi connectivity index (χ0v) is 10.5. The third-order valence-electron chi connectivity index (χ3n) is 3.68. The number of hydrogen-bond acceptors (Lipinski definition) is 2. The van der Waals surface area contributed by atoms with Crippen LogP contribution in [0.15, 0.2) is 0 Å². The molecule has 0 aromatic carbocycles. The summed E-state index contributed by atoms with van der Waals surface area (Å²) in [5.74, 6) is 0.785. The highest BCUT2D eigenvalue weighted by atomic mass is 16.3. The fourth-order valence-corrected chi connectivity index (χ4v) is 2.51. The van der Waals surface area contributed by atoms with Gasteiger partial charge in [-0.1, -0.05) is 33.1 Å². The lowest BCUT2D eigenvalue weighted by Gasteiger charge is -2.31. The van der Waals surface area contributed by atoms with Crippen LogP contribution >= 0.6 is 0 Å². The second-order valence-corrected chi connectivity index (χ2v) is 5.28. The number of aliphatic hydroxyl groups excluding tert-OH is 1. The van der Waals surface area contributed by atoms with Crippen LogP contribution in [0.1, 0.15) is 59.3 Å². The van der Waals surface area contributed by atoms with Crippen molar-refractivity contribution in [2.24, 2.45) is 5.92 Å². The van der Waals surface area contributed by atoms with Crippen LogP contribution in [0, 0.1) is 5.92 Å². The molecule has 0 amide bonds. The molecule has 1 fully saturated rings. The summed E-state index contributed by atoms with van der Waals surface area (Å²) < 4.78 is 0.